The number of imidazole rings is 1. The van der Waals surface area contributed by atoms with E-state index in [0.717, 1.165) is 23.3 Å². The fourth-order valence-corrected chi connectivity index (χ4v) is 6.22. The molecule has 0 radical (unpaired) electrons. The predicted molar refractivity (Wildman–Crippen MR) is 157 cm³/mol. The highest BCUT2D eigenvalue weighted by atomic mass is 35.5. The average molecular weight is 622 g/mol. The number of aromatic nitrogens is 3. The van der Waals surface area contributed by atoms with Gasteiger partial charge in [0.1, 0.15) is 33.5 Å². The summed E-state index contributed by atoms with van der Waals surface area (Å²) < 4.78 is 47.7. The van der Waals surface area contributed by atoms with Gasteiger partial charge in [0.15, 0.2) is 0 Å². The Hall–Kier alpha value is -4.32. The first kappa shape index (κ1) is 27.5. The number of pyridine rings is 1. The number of hydrogen-bond acceptors (Lipinski definition) is 7. The third-order valence-corrected chi connectivity index (χ3v) is 8.71. The molecule has 1 aliphatic heterocycles. The van der Waals surface area contributed by atoms with E-state index in [-0.39, 0.29) is 23.5 Å². The van der Waals surface area contributed by atoms with Crippen LogP contribution in [-0.2, 0) is 24.3 Å². The molecule has 1 aliphatic rings. The third-order valence-electron chi connectivity index (χ3n) is 7.37. The molecule has 8 nitrogen and oxygen atoms in total. The zero-order valence-corrected chi connectivity index (χ0v) is 23.9. The maximum atomic E-state index is 15.4. The van der Waals surface area contributed by atoms with E-state index >= 15 is 4.39 Å². The standard InChI is InChI=1S/C31H22ClF2N3O5S/c32-21-7-5-17(29-20(21)12-26(34)42-29)15-41-28-3-1-2-23(35-28)19-6-4-16(10-22(19)33)11-27-36-30-24(13-25(43-30)31(38)39)37(27)14-18-8-9-40-18/h1-7,10,12-13,18H,8-9,11,14-15H2,(H,38,39)/t18-/m0/s1. The summed E-state index contributed by atoms with van der Waals surface area (Å²) in [4.78, 5) is 21.5. The van der Waals surface area contributed by atoms with E-state index in [1.54, 1.807) is 42.5 Å². The van der Waals surface area contributed by atoms with Crippen LogP contribution in [0.3, 0.4) is 0 Å². The van der Waals surface area contributed by atoms with Crippen molar-refractivity contribution in [2.75, 3.05) is 6.61 Å². The summed E-state index contributed by atoms with van der Waals surface area (Å²) in [5.74, 6) is -0.478. The highest BCUT2D eigenvalue weighted by molar-refractivity contribution is 7.20. The first-order valence-corrected chi connectivity index (χ1v) is 14.6. The molecule has 0 bridgehead atoms. The second kappa shape index (κ2) is 11.1. The van der Waals surface area contributed by atoms with Crippen LogP contribution in [0.1, 0.15) is 33.0 Å². The number of benzene rings is 2. The lowest BCUT2D eigenvalue weighted by Gasteiger charge is -2.27. The lowest BCUT2D eigenvalue weighted by molar-refractivity contribution is -0.0589. The van der Waals surface area contributed by atoms with Gasteiger partial charge in [-0.1, -0.05) is 29.8 Å². The summed E-state index contributed by atoms with van der Waals surface area (Å²) in [5, 5.41) is 10.2. The first-order valence-electron chi connectivity index (χ1n) is 13.4. The third kappa shape index (κ3) is 5.35. The summed E-state index contributed by atoms with van der Waals surface area (Å²) in [5.41, 5.74) is 3.02. The minimum Gasteiger partial charge on any atom is -0.477 e. The zero-order chi connectivity index (χ0) is 29.7. The summed E-state index contributed by atoms with van der Waals surface area (Å²) in [6.45, 7) is 1.29. The van der Waals surface area contributed by atoms with Crippen LogP contribution in [0.15, 0.2) is 65.1 Å². The van der Waals surface area contributed by atoms with Crippen LogP contribution in [0.5, 0.6) is 5.88 Å². The van der Waals surface area contributed by atoms with Crippen molar-refractivity contribution in [3.8, 4) is 17.1 Å². The number of carboxylic acid groups (broad SMARTS) is 1. The summed E-state index contributed by atoms with van der Waals surface area (Å²) >= 11 is 7.26. The van der Waals surface area contributed by atoms with Gasteiger partial charge in [0.05, 0.1) is 28.9 Å². The SMILES string of the molecule is O=C(O)c1cc2c(nc(Cc3ccc(-c4cccc(OCc5ccc(Cl)c6cc(F)oc56)n4)c(F)c3)n2C[C@@H]2CCO2)s1. The number of rotatable bonds is 9. The van der Waals surface area contributed by atoms with Gasteiger partial charge < -0.3 is 23.6 Å². The molecular formula is C31H22ClF2N3O5S. The maximum absolute atomic E-state index is 15.4. The van der Waals surface area contributed by atoms with Crippen molar-refractivity contribution in [2.24, 2.45) is 0 Å². The Morgan fingerprint density at radius 1 is 1.14 bits per heavy atom. The molecule has 7 rings (SSSR count). The molecule has 5 heterocycles. The normalized spacial score (nSPS) is 14.8. The largest absolute Gasteiger partial charge is 0.477 e. The molecule has 0 aliphatic carbocycles. The number of nitrogens with zero attached hydrogens (tertiary/aromatic N) is 3. The van der Waals surface area contributed by atoms with E-state index in [4.69, 9.17) is 30.5 Å². The van der Waals surface area contributed by atoms with Gasteiger partial charge in [-0.15, -0.1) is 11.3 Å². The number of furan rings is 1. The van der Waals surface area contributed by atoms with Gasteiger partial charge in [0, 0.05) is 41.7 Å². The van der Waals surface area contributed by atoms with Crippen molar-refractivity contribution in [1.82, 2.24) is 14.5 Å². The number of carboxylic acids is 1. The quantitative estimate of drug-likeness (QED) is 0.178. The Morgan fingerprint density at radius 3 is 2.77 bits per heavy atom. The average Bonchev–Trinajstić information content (AvgIpc) is 3.64. The Bertz CT molecular complexity index is 2020. The van der Waals surface area contributed by atoms with Crippen LogP contribution in [0.25, 0.3) is 32.6 Å². The Labute approximate surface area is 252 Å². The van der Waals surface area contributed by atoms with Crippen molar-refractivity contribution in [3.05, 3.63) is 99.3 Å². The number of thiophene rings is 1. The van der Waals surface area contributed by atoms with Crippen molar-refractivity contribution in [2.45, 2.75) is 32.1 Å². The second-order valence-electron chi connectivity index (χ2n) is 10.2. The molecule has 1 N–H and O–H groups in total. The van der Waals surface area contributed by atoms with Gasteiger partial charge >= 0.3 is 5.97 Å². The van der Waals surface area contributed by atoms with Crippen molar-refractivity contribution in [3.63, 3.8) is 0 Å². The lowest BCUT2D eigenvalue weighted by Crippen LogP contribution is -2.31. The smallest absolute Gasteiger partial charge is 0.346 e. The Balaban J connectivity index is 1.11. The Morgan fingerprint density at radius 2 is 2.00 bits per heavy atom. The van der Waals surface area contributed by atoms with Crippen LogP contribution in [0, 0.1) is 11.8 Å². The minimum absolute atomic E-state index is 0.0370. The molecule has 43 heavy (non-hydrogen) atoms. The zero-order valence-electron chi connectivity index (χ0n) is 22.4. The summed E-state index contributed by atoms with van der Waals surface area (Å²) in [7, 11) is 0. The van der Waals surface area contributed by atoms with Crippen molar-refractivity contribution >= 4 is 50.2 Å². The van der Waals surface area contributed by atoms with Crippen LogP contribution < -0.4 is 4.74 Å². The topological polar surface area (TPSA) is 99.6 Å². The Kier molecular flexibility index (Phi) is 7.08. The fourth-order valence-electron chi connectivity index (χ4n) is 5.12. The van der Waals surface area contributed by atoms with E-state index in [1.165, 1.54) is 12.1 Å². The second-order valence-corrected chi connectivity index (χ2v) is 11.6. The van der Waals surface area contributed by atoms with Gasteiger partial charge in [-0.2, -0.15) is 4.39 Å². The number of carbonyl (C=O) groups is 1. The highest BCUT2D eigenvalue weighted by Gasteiger charge is 2.24. The van der Waals surface area contributed by atoms with E-state index in [2.05, 4.69) is 4.98 Å². The van der Waals surface area contributed by atoms with Crippen LogP contribution in [-0.4, -0.2) is 38.3 Å². The van der Waals surface area contributed by atoms with E-state index in [1.807, 2.05) is 10.6 Å². The summed E-state index contributed by atoms with van der Waals surface area (Å²) in [6.07, 6.45) is 1.31. The minimum atomic E-state index is -0.994. The predicted octanol–water partition coefficient (Wildman–Crippen LogP) is 7.49. The van der Waals surface area contributed by atoms with Crippen LogP contribution in [0.2, 0.25) is 5.02 Å². The van der Waals surface area contributed by atoms with Gasteiger partial charge in [0.2, 0.25) is 5.88 Å². The maximum Gasteiger partial charge on any atom is 0.346 e. The number of ether oxygens (including phenoxy) is 2. The molecule has 0 unspecified atom stereocenters. The lowest BCUT2D eigenvalue weighted by atomic mass is 10.1. The molecule has 4 aromatic heterocycles. The van der Waals surface area contributed by atoms with Gasteiger partial charge in [-0.25, -0.2) is 19.2 Å². The molecule has 1 atom stereocenters. The molecule has 0 spiro atoms. The summed E-state index contributed by atoms with van der Waals surface area (Å²) in [6, 6.07) is 15.4. The van der Waals surface area contributed by atoms with Gasteiger partial charge in [0.25, 0.3) is 6.01 Å². The molecule has 1 fully saturated rings. The number of fused-ring (bicyclic) bond motifs is 2. The van der Waals surface area contributed by atoms with Gasteiger partial charge in [-0.05, 0) is 42.3 Å². The molecule has 0 saturated carbocycles. The first-order chi connectivity index (χ1) is 20.8. The molecule has 0 amide bonds. The van der Waals surface area contributed by atoms with E-state index in [0.29, 0.717) is 68.6 Å². The number of halogens is 3. The molecule has 6 aromatic rings. The highest BCUT2D eigenvalue weighted by Crippen LogP contribution is 2.32. The molecule has 12 heteroatoms. The van der Waals surface area contributed by atoms with Crippen LogP contribution in [0.4, 0.5) is 8.78 Å². The van der Waals surface area contributed by atoms with Crippen LogP contribution >= 0.6 is 22.9 Å². The molecule has 218 valence electrons. The van der Waals surface area contributed by atoms with Crippen molar-refractivity contribution in [1.29, 1.82) is 0 Å². The number of aromatic carboxylic acids is 1. The van der Waals surface area contributed by atoms with E-state index < -0.39 is 17.8 Å². The van der Waals surface area contributed by atoms with Gasteiger partial charge in [-0.3, -0.25) is 0 Å². The molecule has 2 aromatic carbocycles. The molecular weight excluding hydrogens is 600 g/mol. The van der Waals surface area contributed by atoms with E-state index in [9.17, 15) is 14.3 Å². The number of hydrogen-bond donors (Lipinski definition) is 1. The monoisotopic (exact) mass is 621 g/mol. The van der Waals surface area contributed by atoms with Crippen molar-refractivity contribution < 1.29 is 32.6 Å². The molecule has 1 saturated heterocycles. The fraction of sp³-hybridized carbons (Fsp3) is 0.194.